The fourth-order valence-electron chi connectivity index (χ4n) is 2.10. The van der Waals surface area contributed by atoms with Gasteiger partial charge in [-0.15, -0.1) is 0 Å². The highest BCUT2D eigenvalue weighted by Crippen LogP contribution is 2.24. The molecule has 0 aromatic carbocycles. The minimum absolute atomic E-state index is 0.611. The van der Waals surface area contributed by atoms with Gasteiger partial charge in [-0.05, 0) is 24.5 Å². The smallest absolute Gasteiger partial charge is 0.0620 e. The molecule has 2 saturated heterocycles. The molecule has 2 nitrogen and oxygen atoms in total. The van der Waals surface area contributed by atoms with Gasteiger partial charge in [0.25, 0.3) is 0 Å². The van der Waals surface area contributed by atoms with Crippen LogP contribution in [0.4, 0.5) is 0 Å². The summed E-state index contributed by atoms with van der Waals surface area (Å²) < 4.78 is 5.44. The molecule has 0 amide bonds. The Balaban J connectivity index is 1.94. The summed E-state index contributed by atoms with van der Waals surface area (Å²) in [6.45, 7) is 1.81. The van der Waals surface area contributed by atoms with Crippen molar-refractivity contribution in [1.29, 1.82) is 0 Å². The van der Waals surface area contributed by atoms with E-state index < -0.39 is 0 Å². The van der Waals surface area contributed by atoms with Crippen LogP contribution >= 0.6 is 12.6 Å². The van der Waals surface area contributed by atoms with Gasteiger partial charge in [-0.1, -0.05) is 0 Å². The Labute approximate surface area is 73.1 Å². The molecule has 2 atom stereocenters. The summed E-state index contributed by atoms with van der Waals surface area (Å²) >= 11 is 4.34. The van der Waals surface area contributed by atoms with Crippen LogP contribution in [0.25, 0.3) is 0 Å². The van der Waals surface area contributed by atoms with E-state index in [-0.39, 0.29) is 0 Å². The van der Waals surface area contributed by atoms with Gasteiger partial charge >= 0.3 is 0 Å². The molecule has 2 rings (SSSR count). The second-order valence-electron chi connectivity index (χ2n) is 3.62. The van der Waals surface area contributed by atoms with Crippen LogP contribution in [0.3, 0.4) is 0 Å². The zero-order chi connectivity index (χ0) is 7.68. The van der Waals surface area contributed by atoms with Crippen LogP contribution in [-0.4, -0.2) is 31.1 Å². The lowest BCUT2D eigenvalue weighted by atomic mass is 9.88. The van der Waals surface area contributed by atoms with E-state index in [4.69, 9.17) is 4.74 Å². The molecule has 0 aromatic rings. The highest BCUT2D eigenvalue weighted by atomic mass is 32.1. The van der Waals surface area contributed by atoms with E-state index in [1.807, 2.05) is 0 Å². The summed E-state index contributed by atoms with van der Waals surface area (Å²) in [4.78, 5) is 0. The van der Waals surface area contributed by atoms with Gasteiger partial charge in [0.15, 0.2) is 0 Å². The van der Waals surface area contributed by atoms with E-state index in [0.29, 0.717) is 12.1 Å². The number of morpholine rings is 1. The van der Waals surface area contributed by atoms with Gasteiger partial charge in [0.05, 0.1) is 13.2 Å². The minimum Gasteiger partial charge on any atom is -0.378 e. The van der Waals surface area contributed by atoms with Crippen molar-refractivity contribution in [1.82, 2.24) is 5.32 Å². The number of hydrogen-bond donors (Lipinski definition) is 2. The van der Waals surface area contributed by atoms with Gasteiger partial charge in [-0.3, -0.25) is 0 Å². The van der Waals surface area contributed by atoms with Crippen LogP contribution in [-0.2, 0) is 4.74 Å². The third-order valence-electron chi connectivity index (χ3n) is 2.60. The first-order valence-electron chi connectivity index (χ1n) is 4.33. The standard InChI is InChI=1S/C8H15NOS/c11-5-6-1-7-3-10-4-8(2-6)9-7/h6-9,11H,1-5H2. The van der Waals surface area contributed by atoms with Crippen molar-refractivity contribution in [2.45, 2.75) is 24.9 Å². The zero-order valence-electron chi connectivity index (χ0n) is 6.62. The maximum Gasteiger partial charge on any atom is 0.0620 e. The summed E-state index contributed by atoms with van der Waals surface area (Å²) in [5.41, 5.74) is 0. The van der Waals surface area contributed by atoms with Crippen molar-refractivity contribution in [3.8, 4) is 0 Å². The molecule has 2 fully saturated rings. The molecule has 3 heteroatoms. The van der Waals surface area contributed by atoms with E-state index in [2.05, 4.69) is 17.9 Å². The van der Waals surface area contributed by atoms with Crippen molar-refractivity contribution < 1.29 is 4.74 Å². The number of rotatable bonds is 1. The third-order valence-corrected chi connectivity index (χ3v) is 3.12. The first-order chi connectivity index (χ1) is 5.38. The SMILES string of the molecule is SCC1CC2COCC(C1)N2. The molecular weight excluding hydrogens is 158 g/mol. The Morgan fingerprint density at radius 2 is 1.91 bits per heavy atom. The number of piperidine rings is 1. The van der Waals surface area contributed by atoms with E-state index in [0.717, 1.165) is 24.9 Å². The molecule has 11 heavy (non-hydrogen) atoms. The van der Waals surface area contributed by atoms with E-state index in [1.54, 1.807) is 0 Å². The van der Waals surface area contributed by atoms with Gasteiger partial charge in [0, 0.05) is 12.1 Å². The van der Waals surface area contributed by atoms with Gasteiger partial charge in [-0.25, -0.2) is 0 Å². The summed E-state index contributed by atoms with van der Waals surface area (Å²) in [5.74, 6) is 1.85. The third kappa shape index (κ3) is 1.71. The minimum atomic E-state index is 0.611. The van der Waals surface area contributed by atoms with Crippen LogP contribution in [0.5, 0.6) is 0 Å². The highest BCUT2D eigenvalue weighted by molar-refractivity contribution is 7.80. The van der Waals surface area contributed by atoms with E-state index in [1.165, 1.54) is 12.8 Å². The maximum absolute atomic E-state index is 5.44. The molecule has 2 aliphatic heterocycles. The highest BCUT2D eigenvalue weighted by Gasteiger charge is 2.30. The monoisotopic (exact) mass is 173 g/mol. The predicted octanol–water partition coefficient (Wildman–Crippen LogP) is 0.683. The van der Waals surface area contributed by atoms with Gasteiger partial charge in [0.2, 0.25) is 0 Å². The van der Waals surface area contributed by atoms with Gasteiger partial charge < -0.3 is 10.1 Å². The topological polar surface area (TPSA) is 21.3 Å². The van der Waals surface area contributed by atoms with Crippen LogP contribution in [0.1, 0.15) is 12.8 Å². The van der Waals surface area contributed by atoms with E-state index in [9.17, 15) is 0 Å². The average Bonchev–Trinajstić information content (AvgIpc) is 2.03. The lowest BCUT2D eigenvalue weighted by Crippen LogP contribution is -2.54. The second kappa shape index (κ2) is 3.33. The Morgan fingerprint density at radius 1 is 1.27 bits per heavy atom. The quantitative estimate of drug-likeness (QED) is 0.569. The molecule has 2 aliphatic rings. The van der Waals surface area contributed by atoms with Crippen molar-refractivity contribution in [2.75, 3.05) is 19.0 Å². The summed E-state index contributed by atoms with van der Waals surface area (Å²) in [7, 11) is 0. The zero-order valence-corrected chi connectivity index (χ0v) is 7.52. The summed E-state index contributed by atoms with van der Waals surface area (Å²) in [5, 5.41) is 3.56. The molecule has 2 unspecified atom stereocenters. The molecule has 64 valence electrons. The lowest BCUT2D eigenvalue weighted by Gasteiger charge is -2.39. The number of hydrogen-bond acceptors (Lipinski definition) is 3. The van der Waals surface area contributed by atoms with Crippen LogP contribution < -0.4 is 5.32 Å². The molecule has 0 spiro atoms. The Bertz CT molecular complexity index is 130. The van der Waals surface area contributed by atoms with Gasteiger partial charge in [-0.2, -0.15) is 12.6 Å². The first kappa shape index (κ1) is 7.90. The second-order valence-corrected chi connectivity index (χ2v) is 3.98. The number of nitrogens with one attached hydrogen (secondary N) is 1. The van der Waals surface area contributed by atoms with Crippen LogP contribution in [0, 0.1) is 5.92 Å². The van der Waals surface area contributed by atoms with Crippen LogP contribution in [0.15, 0.2) is 0 Å². The molecule has 1 N–H and O–H groups in total. The Kier molecular flexibility index (Phi) is 2.39. The van der Waals surface area contributed by atoms with Gasteiger partial charge in [0.1, 0.15) is 0 Å². The normalized spacial score (nSPS) is 43.9. The van der Waals surface area contributed by atoms with Crippen molar-refractivity contribution in [3.63, 3.8) is 0 Å². The molecule has 0 radical (unpaired) electrons. The first-order valence-corrected chi connectivity index (χ1v) is 4.96. The number of thiol groups is 1. The molecule has 0 aliphatic carbocycles. The molecule has 2 bridgehead atoms. The van der Waals surface area contributed by atoms with Crippen molar-refractivity contribution in [2.24, 2.45) is 5.92 Å². The summed E-state index contributed by atoms with van der Waals surface area (Å²) in [6, 6.07) is 1.22. The Morgan fingerprint density at radius 3 is 2.45 bits per heavy atom. The number of ether oxygens (including phenoxy) is 1. The largest absolute Gasteiger partial charge is 0.378 e. The summed E-state index contributed by atoms with van der Waals surface area (Å²) in [6.07, 6.45) is 2.50. The maximum atomic E-state index is 5.44. The molecular formula is C8H15NOS. The Hall–Kier alpha value is 0.270. The average molecular weight is 173 g/mol. The molecule has 0 aromatic heterocycles. The number of fused-ring (bicyclic) bond motifs is 2. The fourth-order valence-corrected chi connectivity index (χ4v) is 2.40. The molecule has 2 heterocycles. The molecule has 0 saturated carbocycles. The van der Waals surface area contributed by atoms with Crippen LogP contribution in [0.2, 0.25) is 0 Å². The van der Waals surface area contributed by atoms with Crippen molar-refractivity contribution in [3.05, 3.63) is 0 Å². The predicted molar refractivity (Wildman–Crippen MR) is 48.1 cm³/mol. The lowest BCUT2D eigenvalue weighted by molar-refractivity contribution is 0.0114. The fraction of sp³-hybridized carbons (Fsp3) is 1.00. The van der Waals surface area contributed by atoms with E-state index >= 15 is 0 Å². The van der Waals surface area contributed by atoms with Crippen molar-refractivity contribution >= 4 is 12.6 Å².